The third kappa shape index (κ3) is 3.95. The number of hydrogen-bond donors (Lipinski definition) is 0. The third-order valence-corrected chi connectivity index (χ3v) is 5.96. The van der Waals surface area contributed by atoms with Crippen LogP contribution < -0.4 is 0 Å². The van der Waals surface area contributed by atoms with Crippen LogP contribution in [0.25, 0.3) is 0 Å². The minimum absolute atomic E-state index is 0.000553. The SMILES string of the molecule is CN(CC1CCCC1)C(=O)C1CCN(S(C)(=O)=O)CC1. The summed E-state index contributed by atoms with van der Waals surface area (Å²) in [7, 11) is -1.21. The van der Waals surface area contributed by atoms with Crippen LogP contribution in [0.2, 0.25) is 0 Å². The van der Waals surface area contributed by atoms with E-state index in [1.165, 1.54) is 36.2 Å². The van der Waals surface area contributed by atoms with Crippen molar-refractivity contribution >= 4 is 15.9 Å². The molecule has 0 aromatic carbocycles. The van der Waals surface area contributed by atoms with Gasteiger partial charge in [-0.15, -0.1) is 0 Å². The Kier molecular flexibility index (Phi) is 5.07. The van der Waals surface area contributed by atoms with Gasteiger partial charge < -0.3 is 4.90 Å². The summed E-state index contributed by atoms with van der Waals surface area (Å²) in [4.78, 5) is 14.3. The van der Waals surface area contributed by atoms with Crippen LogP contribution in [-0.4, -0.2) is 56.5 Å². The Balaban J connectivity index is 1.81. The van der Waals surface area contributed by atoms with Crippen molar-refractivity contribution in [3.63, 3.8) is 0 Å². The fraction of sp³-hybridized carbons (Fsp3) is 0.929. The maximum Gasteiger partial charge on any atom is 0.225 e. The molecule has 0 aromatic heterocycles. The first-order valence-electron chi connectivity index (χ1n) is 7.58. The lowest BCUT2D eigenvalue weighted by atomic mass is 9.96. The van der Waals surface area contributed by atoms with Gasteiger partial charge in [-0.25, -0.2) is 12.7 Å². The zero-order valence-corrected chi connectivity index (χ0v) is 13.4. The van der Waals surface area contributed by atoms with E-state index in [4.69, 9.17) is 0 Å². The molecule has 1 amide bonds. The molecule has 20 heavy (non-hydrogen) atoms. The number of nitrogens with zero attached hydrogens (tertiary/aromatic N) is 2. The summed E-state index contributed by atoms with van der Waals surface area (Å²) in [6.45, 7) is 1.82. The van der Waals surface area contributed by atoms with Crippen molar-refractivity contribution in [3.05, 3.63) is 0 Å². The van der Waals surface area contributed by atoms with E-state index in [9.17, 15) is 13.2 Å². The lowest BCUT2D eigenvalue weighted by Crippen LogP contribution is -2.43. The van der Waals surface area contributed by atoms with Gasteiger partial charge in [-0.3, -0.25) is 4.79 Å². The molecule has 6 heteroatoms. The standard InChI is InChI=1S/C14H26N2O3S/c1-15(11-12-5-3-4-6-12)14(17)13-7-9-16(10-8-13)20(2,18)19/h12-13H,3-11H2,1-2H3. The maximum absolute atomic E-state index is 12.4. The topological polar surface area (TPSA) is 57.7 Å². The number of carbonyl (C=O) groups excluding carboxylic acids is 1. The van der Waals surface area contributed by atoms with Crippen LogP contribution in [0, 0.1) is 11.8 Å². The zero-order valence-electron chi connectivity index (χ0n) is 12.5. The minimum Gasteiger partial charge on any atom is -0.345 e. The highest BCUT2D eigenvalue weighted by molar-refractivity contribution is 7.88. The molecule has 116 valence electrons. The average molecular weight is 302 g/mol. The van der Waals surface area contributed by atoms with Crippen LogP contribution in [0.4, 0.5) is 0 Å². The van der Waals surface area contributed by atoms with Gasteiger partial charge in [0, 0.05) is 32.6 Å². The number of hydrogen-bond acceptors (Lipinski definition) is 3. The number of carbonyl (C=O) groups is 1. The molecule has 0 atom stereocenters. The molecule has 1 saturated carbocycles. The molecular weight excluding hydrogens is 276 g/mol. The van der Waals surface area contributed by atoms with Gasteiger partial charge in [0.05, 0.1) is 6.26 Å². The summed E-state index contributed by atoms with van der Waals surface area (Å²) >= 11 is 0. The summed E-state index contributed by atoms with van der Waals surface area (Å²) in [5.41, 5.74) is 0. The smallest absolute Gasteiger partial charge is 0.225 e. The predicted octanol–water partition coefficient (Wildman–Crippen LogP) is 1.31. The molecular formula is C14H26N2O3S. The van der Waals surface area contributed by atoms with Crippen molar-refractivity contribution in [3.8, 4) is 0 Å². The lowest BCUT2D eigenvalue weighted by molar-refractivity contribution is -0.135. The van der Waals surface area contributed by atoms with Crippen molar-refractivity contribution < 1.29 is 13.2 Å². The Bertz CT molecular complexity index is 435. The van der Waals surface area contributed by atoms with Gasteiger partial charge in [0.15, 0.2) is 0 Å². The minimum atomic E-state index is -3.11. The Labute approximate surface area is 122 Å². The summed E-state index contributed by atoms with van der Waals surface area (Å²) in [6.07, 6.45) is 7.61. The molecule has 0 aromatic rings. The molecule has 1 saturated heterocycles. The molecule has 0 unspecified atom stereocenters. The molecule has 2 fully saturated rings. The Hall–Kier alpha value is -0.620. The van der Waals surface area contributed by atoms with E-state index < -0.39 is 10.0 Å². The van der Waals surface area contributed by atoms with Crippen LogP contribution in [0.1, 0.15) is 38.5 Å². The first-order chi connectivity index (χ1) is 9.38. The van der Waals surface area contributed by atoms with Gasteiger partial charge in [-0.1, -0.05) is 12.8 Å². The van der Waals surface area contributed by atoms with Crippen LogP contribution in [0.15, 0.2) is 0 Å². The van der Waals surface area contributed by atoms with Crippen molar-refractivity contribution in [2.24, 2.45) is 11.8 Å². The van der Waals surface area contributed by atoms with E-state index in [0.29, 0.717) is 31.8 Å². The van der Waals surface area contributed by atoms with Gasteiger partial charge in [-0.2, -0.15) is 0 Å². The number of amides is 1. The molecule has 0 radical (unpaired) electrons. The first-order valence-corrected chi connectivity index (χ1v) is 9.43. The molecule has 1 aliphatic carbocycles. The second kappa shape index (κ2) is 6.43. The highest BCUT2D eigenvalue weighted by Crippen LogP contribution is 2.27. The second-order valence-corrected chi connectivity index (χ2v) is 8.29. The number of sulfonamides is 1. The van der Waals surface area contributed by atoms with Gasteiger partial charge in [0.25, 0.3) is 0 Å². The maximum atomic E-state index is 12.4. The summed E-state index contributed by atoms with van der Waals surface area (Å²) in [5, 5.41) is 0. The van der Waals surface area contributed by atoms with E-state index in [0.717, 1.165) is 6.54 Å². The van der Waals surface area contributed by atoms with Crippen LogP contribution in [0.5, 0.6) is 0 Å². The van der Waals surface area contributed by atoms with Gasteiger partial charge >= 0.3 is 0 Å². The van der Waals surface area contributed by atoms with E-state index >= 15 is 0 Å². The van der Waals surface area contributed by atoms with Gasteiger partial charge in [0.1, 0.15) is 0 Å². The fourth-order valence-corrected chi connectivity index (χ4v) is 4.29. The van der Waals surface area contributed by atoms with Crippen molar-refractivity contribution in [1.29, 1.82) is 0 Å². The molecule has 1 heterocycles. The molecule has 5 nitrogen and oxygen atoms in total. The van der Waals surface area contributed by atoms with E-state index in [2.05, 4.69) is 0 Å². The molecule has 0 spiro atoms. The predicted molar refractivity (Wildman–Crippen MR) is 78.7 cm³/mol. The van der Waals surface area contributed by atoms with Crippen LogP contribution in [-0.2, 0) is 14.8 Å². The Morgan fingerprint density at radius 1 is 1.15 bits per heavy atom. The lowest BCUT2D eigenvalue weighted by Gasteiger charge is -2.32. The summed E-state index contributed by atoms with van der Waals surface area (Å²) in [5.74, 6) is 0.865. The van der Waals surface area contributed by atoms with Gasteiger partial charge in [0.2, 0.25) is 15.9 Å². The van der Waals surface area contributed by atoms with Crippen LogP contribution >= 0.6 is 0 Å². The summed E-state index contributed by atoms with van der Waals surface area (Å²) in [6, 6.07) is 0. The summed E-state index contributed by atoms with van der Waals surface area (Å²) < 4.78 is 24.4. The highest BCUT2D eigenvalue weighted by Gasteiger charge is 2.31. The monoisotopic (exact) mass is 302 g/mol. The fourth-order valence-electron chi connectivity index (χ4n) is 3.42. The van der Waals surface area contributed by atoms with Gasteiger partial charge in [-0.05, 0) is 31.6 Å². The second-order valence-electron chi connectivity index (χ2n) is 6.31. The first kappa shape index (κ1) is 15.8. The molecule has 0 bridgehead atoms. The number of rotatable bonds is 4. The molecule has 1 aliphatic heterocycles. The van der Waals surface area contributed by atoms with E-state index in [1.807, 2.05) is 11.9 Å². The average Bonchev–Trinajstić information content (AvgIpc) is 2.90. The Morgan fingerprint density at radius 2 is 1.70 bits per heavy atom. The Morgan fingerprint density at radius 3 is 2.20 bits per heavy atom. The quantitative estimate of drug-likeness (QED) is 0.786. The third-order valence-electron chi connectivity index (χ3n) is 4.66. The largest absolute Gasteiger partial charge is 0.345 e. The van der Waals surface area contributed by atoms with E-state index in [1.54, 1.807) is 0 Å². The van der Waals surface area contributed by atoms with Crippen molar-refractivity contribution in [2.45, 2.75) is 38.5 Å². The number of piperidine rings is 1. The van der Waals surface area contributed by atoms with Crippen molar-refractivity contribution in [1.82, 2.24) is 9.21 Å². The van der Waals surface area contributed by atoms with Crippen LogP contribution in [0.3, 0.4) is 0 Å². The normalized spacial score (nSPS) is 23.1. The molecule has 2 rings (SSSR count). The van der Waals surface area contributed by atoms with E-state index in [-0.39, 0.29) is 11.8 Å². The highest BCUT2D eigenvalue weighted by atomic mass is 32.2. The molecule has 2 aliphatic rings. The molecule has 0 N–H and O–H groups in total. The zero-order chi connectivity index (χ0) is 14.8. The van der Waals surface area contributed by atoms with Crippen molar-refractivity contribution in [2.75, 3.05) is 32.9 Å².